The van der Waals surface area contributed by atoms with Crippen molar-refractivity contribution in [3.8, 4) is 6.07 Å². The number of likely N-dealkylation sites (tertiary alicyclic amines) is 1. The number of nitriles is 1. The van der Waals surface area contributed by atoms with Crippen LogP contribution in [0.4, 0.5) is 28.9 Å². The molecule has 3 aliphatic heterocycles. The number of pyridine rings is 1. The van der Waals surface area contributed by atoms with E-state index in [0.717, 1.165) is 56.6 Å². The van der Waals surface area contributed by atoms with Crippen molar-refractivity contribution in [2.45, 2.75) is 75.3 Å². The Morgan fingerprint density at radius 3 is 2.45 bits per heavy atom. The number of benzene rings is 2. The highest BCUT2D eigenvalue weighted by Crippen LogP contribution is 2.48. The average molecular weight is 827 g/mol. The average Bonchev–Trinajstić information content (AvgIpc) is 3.74. The lowest BCUT2D eigenvalue weighted by Crippen LogP contribution is -2.61. The number of carbonyl (C=O) groups excluding carboxylic acids is 3. The Morgan fingerprint density at radius 2 is 1.75 bits per heavy atom. The number of rotatable bonds is 7. The zero-order valence-corrected chi connectivity index (χ0v) is 32.8. The summed E-state index contributed by atoms with van der Waals surface area (Å²) in [5, 5.41) is 20.1. The van der Waals surface area contributed by atoms with Gasteiger partial charge in [0.15, 0.2) is 0 Å². The second kappa shape index (κ2) is 14.6. The van der Waals surface area contributed by atoms with Gasteiger partial charge in [-0.2, -0.15) is 23.5 Å². The van der Waals surface area contributed by atoms with Crippen LogP contribution in [0.15, 0.2) is 59.5 Å². The van der Waals surface area contributed by atoms with Gasteiger partial charge in [0.05, 0.1) is 39.5 Å². The number of aromatic nitrogens is 5. The molecule has 6 heterocycles. The van der Waals surface area contributed by atoms with Gasteiger partial charge in [0.2, 0.25) is 11.8 Å². The lowest BCUT2D eigenvalue weighted by Gasteiger charge is -2.55. The summed E-state index contributed by atoms with van der Waals surface area (Å²) in [6, 6.07) is 13.1. The van der Waals surface area contributed by atoms with Crippen LogP contribution < -0.4 is 21.2 Å². The molecule has 312 valence electrons. The fourth-order valence-electron chi connectivity index (χ4n) is 9.80. The Labute approximate surface area is 340 Å². The first-order chi connectivity index (χ1) is 28.6. The first-order valence-electron chi connectivity index (χ1n) is 20.1. The molecular weight excluding hydrogens is 785 g/mol. The van der Waals surface area contributed by atoms with E-state index in [1.165, 1.54) is 15.2 Å². The van der Waals surface area contributed by atoms with Gasteiger partial charge >= 0.3 is 11.9 Å². The molecule has 1 aliphatic carbocycles. The van der Waals surface area contributed by atoms with E-state index in [4.69, 9.17) is 5.10 Å². The highest BCUT2D eigenvalue weighted by molar-refractivity contribution is 6.05. The molecule has 4 aliphatic rings. The number of para-hydroxylation sites is 1. The topological polar surface area (TPSA) is 163 Å². The minimum Gasteiger partial charge on any atom is -0.370 e. The van der Waals surface area contributed by atoms with Crippen molar-refractivity contribution in [3.05, 3.63) is 82.2 Å². The minimum atomic E-state index is -4.71. The molecular formula is C42H42F4N10O4. The van der Waals surface area contributed by atoms with Crippen LogP contribution in [0.5, 0.6) is 0 Å². The standard InChI is InChI=1S/C42H42F4N10O4/c1-52-36-31(5-3-6-32(36)56(39(52)60)33-8-9-35(57)50-38(33)59)54-16-14-41(43,15-17-54)24-53-22-40(23-53)12-10-27(11-13-40)55-21-26-19-29(25(20-47)18-30(26)51-55)49-37(58)28-4-2-7-34(48-28)42(44,45)46/h2-7,18-19,21,27,33H,8-17,22-24H2,1H3,(H,49,58)(H,50,57,59). The third-order valence-corrected chi connectivity index (χ3v) is 12.9. The van der Waals surface area contributed by atoms with E-state index in [0.29, 0.717) is 54.4 Å². The largest absolute Gasteiger partial charge is 0.433 e. The van der Waals surface area contributed by atoms with Crippen molar-refractivity contribution in [1.82, 2.24) is 34.1 Å². The van der Waals surface area contributed by atoms with Crippen LogP contribution in [-0.2, 0) is 22.8 Å². The van der Waals surface area contributed by atoms with Gasteiger partial charge in [-0.25, -0.2) is 14.2 Å². The minimum absolute atomic E-state index is 0.108. The van der Waals surface area contributed by atoms with E-state index in [9.17, 15) is 37.6 Å². The molecule has 14 nitrogen and oxygen atoms in total. The fourth-order valence-corrected chi connectivity index (χ4v) is 9.80. The normalized spacial score (nSPS) is 20.9. The molecule has 9 rings (SSSR count). The highest BCUT2D eigenvalue weighted by Gasteiger charge is 2.48. The summed E-state index contributed by atoms with van der Waals surface area (Å²) in [5.41, 5.74) is -0.281. The lowest BCUT2D eigenvalue weighted by molar-refractivity contribution is -0.141. The quantitative estimate of drug-likeness (QED) is 0.157. The number of hydrogen-bond acceptors (Lipinski definition) is 9. The Kier molecular flexibility index (Phi) is 9.56. The molecule has 2 aromatic carbocycles. The monoisotopic (exact) mass is 826 g/mol. The van der Waals surface area contributed by atoms with Crippen molar-refractivity contribution in [3.63, 3.8) is 0 Å². The van der Waals surface area contributed by atoms with E-state index in [1.807, 2.05) is 29.1 Å². The van der Waals surface area contributed by atoms with Crippen LogP contribution >= 0.6 is 0 Å². The van der Waals surface area contributed by atoms with Gasteiger partial charge in [-0.3, -0.25) is 38.4 Å². The van der Waals surface area contributed by atoms with Gasteiger partial charge in [-0.1, -0.05) is 12.1 Å². The van der Waals surface area contributed by atoms with Crippen molar-refractivity contribution < 1.29 is 31.9 Å². The van der Waals surface area contributed by atoms with Crippen molar-refractivity contribution in [2.75, 3.05) is 42.9 Å². The number of hydrogen-bond donors (Lipinski definition) is 2. The summed E-state index contributed by atoms with van der Waals surface area (Å²) in [4.78, 5) is 58.5. The Morgan fingerprint density at radius 1 is 1.02 bits per heavy atom. The van der Waals surface area contributed by atoms with Crippen LogP contribution in [0.25, 0.3) is 21.9 Å². The molecule has 60 heavy (non-hydrogen) atoms. The maximum atomic E-state index is 16.5. The Bertz CT molecular complexity index is 2650. The molecule has 3 aromatic heterocycles. The zero-order valence-electron chi connectivity index (χ0n) is 32.8. The smallest absolute Gasteiger partial charge is 0.370 e. The molecule has 0 radical (unpaired) electrons. The number of imidazole rings is 1. The fraction of sp³-hybridized carbons (Fsp3) is 0.452. The second-order valence-electron chi connectivity index (χ2n) is 16.9. The number of piperidine rings is 2. The zero-order chi connectivity index (χ0) is 42.1. The summed E-state index contributed by atoms with van der Waals surface area (Å²) in [7, 11) is 1.67. The van der Waals surface area contributed by atoms with Crippen molar-refractivity contribution in [1.29, 1.82) is 5.26 Å². The van der Waals surface area contributed by atoms with Crippen molar-refractivity contribution >= 4 is 51.0 Å². The summed E-state index contributed by atoms with van der Waals surface area (Å²) >= 11 is 0. The van der Waals surface area contributed by atoms with Crippen molar-refractivity contribution in [2.24, 2.45) is 12.5 Å². The molecule has 3 amide bonds. The second-order valence-corrected chi connectivity index (χ2v) is 16.9. The molecule has 1 spiro atoms. The number of carbonyl (C=O) groups is 3. The Balaban J connectivity index is 0.799. The number of alkyl halides is 4. The maximum Gasteiger partial charge on any atom is 0.433 e. The molecule has 3 saturated heterocycles. The van der Waals surface area contributed by atoms with Crippen LogP contribution in [0.3, 0.4) is 0 Å². The van der Waals surface area contributed by atoms with E-state index >= 15 is 4.39 Å². The van der Waals surface area contributed by atoms with Crippen LogP contribution in [0, 0.1) is 16.7 Å². The summed E-state index contributed by atoms with van der Waals surface area (Å²) < 4.78 is 60.8. The SMILES string of the molecule is Cn1c(=O)n(C2CCC(=O)NC2=O)c2cccc(N3CCC(F)(CN4CC5(CCC(n6cc7cc(NC(=O)c8cccc(C(F)(F)F)n8)c(C#N)cc7n6)CC5)C4)CC3)c21. The molecule has 1 saturated carbocycles. The van der Waals surface area contributed by atoms with Crippen LogP contribution in [0.2, 0.25) is 0 Å². The third kappa shape index (κ3) is 7.07. The molecule has 18 heteroatoms. The number of halogens is 4. The first-order valence-corrected chi connectivity index (χ1v) is 20.1. The number of anilines is 2. The third-order valence-electron chi connectivity index (χ3n) is 12.9. The number of fused-ring (bicyclic) bond motifs is 2. The van der Waals surface area contributed by atoms with Gasteiger partial charge in [-0.05, 0) is 73.9 Å². The molecule has 5 aromatic rings. The van der Waals surface area contributed by atoms with E-state index < -0.39 is 41.1 Å². The van der Waals surface area contributed by atoms with Crippen LogP contribution in [-0.4, -0.2) is 84.9 Å². The van der Waals surface area contributed by atoms with E-state index in [2.05, 4.69) is 25.4 Å². The number of amides is 3. The molecule has 1 unspecified atom stereocenters. The number of imide groups is 1. The first kappa shape index (κ1) is 39.4. The summed E-state index contributed by atoms with van der Waals surface area (Å²) in [6.07, 6.45) is 1.87. The molecule has 0 bridgehead atoms. The lowest BCUT2D eigenvalue weighted by atomic mass is 9.67. The van der Waals surface area contributed by atoms with Gasteiger partial charge in [0.1, 0.15) is 29.2 Å². The van der Waals surface area contributed by atoms with E-state index in [-0.39, 0.29) is 47.1 Å². The Hall–Kier alpha value is -6.09. The summed E-state index contributed by atoms with van der Waals surface area (Å²) in [5.74, 6) is -1.71. The maximum absolute atomic E-state index is 16.5. The highest BCUT2D eigenvalue weighted by atomic mass is 19.4. The van der Waals surface area contributed by atoms with Gasteiger partial charge < -0.3 is 10.2 Å². The van der Waals surface area contributed by atoms with Gasteiger partial charge in [-0.15, -0.1) is 0 Å². The molecule has 2 N–H and O–H groups in total. The number of aryl methyl sites for hydroxylation is 1. The van der Waals surface area contributed by atoms with E-state index in [1.54, 1.807) is 25.2 Å². The van der Waals surface area contributed by atoms with Gasteiger partial charge in [0, 0.05) is 70.6 Å². The predicted octanol–water partition coefficient (Wildman–Crippen LogP) is 5.63. The predicted molar refractivity (Wildman–Crippen MR) is 212 cm³/mol. The number of nitrogens with zero attached hydrogens (tertiary/aromatic N) is 8. The summed E-state index contributed by atoms with van der Waals surface area (Å²) in [6.45, 7) is 2.95. The van der Waals surface area contributed by atoms with Crippen LogP contribution in [0.1, 0.15) is 85.2 Å². The molecule has 1 atom stereocenters. The number of nitrogens with one attached hydrogen (secondary N) is 2. The van der Waals surface area contributed by atoms with Gasteiger partial charge in [0.25, 0.3) is 5.91 Å². The molecule has 4 fully saturated rings.